The molecule has 2 saturated heterocycles. The number of carbonyl (C=O) groups is 1. The SMILES string of the molecule is CC(C)(C)OC(=O)N1CCN(Cc2ccc(Cl)cc2N2CCOCC2)CC1. The topological polar surface area (TPSA) is 45.2 Å². The predicted molar refractivity (Wildman–Crippen MR) is 108 cm³/mol. The minimum absolute atomic E-state index is 0.220. The van der Waals surface area contributed by atoms with Crippen LogP contribution in [0.3, 0.4) is 0 Å². The first-order chi connectivity index (χ1) is 12.8. The highest BCUT2D eigenvalue weighted by Gasteiger charge is 2.26. The van der Waals surface area contributed by atoms with Crippen LogP contribution in [0.1, 0.15) is 26.3 Å². The van der Waals surface area contributed by atoms with Gasteiger partial charge in [-0.05, 0) is 38.5 Å². The molecule has 0 aromatic heterocycles. The van der Waals surface area contributed by atoms with Crippen molar-refractivity contribution in [3.63, 3.8) is 0 Å². The molecule has 6 nitrogen and oxygen atoms in total. The van der Waals surface area contributed by atoms with E-state index >= 15 is 0 Å². The number of anilines is 1. The van der Waals surface area contributed by atoms with Crippen molar-refractivity contribution in [2.24, 2.45) is 0 Å². The zero-order valence-electron chi connectivity index (χ0n) is 16.5. The van der Waals surface area contributed by atoms with Crippen molar-refractivity contribution in [3.8, 4) is 0 Å². The fourth-order valence-corrected chi connectivity index (χ4v) is 3.59. The van der Waals surface area contributed by atoms with Crippen molar-refractivity contribution in [2.45, 2.75) is 32.9 Å². The molecule has 0 aliphatic carbocycles. The highest BCUT2D eigenvalue weighted by atomic mass is 35.5. The van der Waals surface area contributed by atoms with Gasteiger partial charge >= 0.3 is 6.09 Å². The quantitative estimate of drug-likeness (QED) is 0.786. The predicted octanol–water partition coefficient (Wildman–Crippen LogP) is 3.23. The molecule has 0 bridgehead atoms. The molecule has 0 unspecified atom stereocenters. The zero-order valence-corrected chi connectivity index (χ0v) is 17.3. The monoisotopic (exact) mass is 395 g/mol. The van der Waals surface area contributed by atoms with Crippen molar-refractivity contribution >= 4 is 23.4 Å². The third-order valence-electron chi connectivity index (χ3n) is 4.82. The van der Waals surface area contributed by atoms with Gasteiger partial charge in [-0.25, -0.2) is 4.79 Å². The maximum atomic E-state index is 12.2. The molecule has 2 aliphatic rings. The Morgan fingerprint density at radius 2 is 1.78 bits per heavy atom. The van der Waals surface area contributed by atoms with Gasteiger partial charge in [0.15, 0.2) is 0 Å². The van der Waals surface area contributed by atoms with E-state index in [1.165, 1.54) is 11.3 Å². The molecule has 0 N–H and O–H groups in total. The van der Waals surface area contributed by atoms with Gasteiger partial charge in [0, 0.05) is 56.5 Å². The molecule has 7 heteroatoms. The number of ether oxygens (including phenoxy) is 2. The standard InChI is InChI=1S/C20H30ClN3O3/c1-20(2,3)27-19(25)24-8-6-22(7-9-24)15-16-4-5-17(21)14-18(16)23-10-12-26-13-11-23/h4-5,14H,6-13,15H2,1-3H3. The molecule has 0 saturated carbocycles. The van der Waals surface area contributed by atoms with Crippen molar-refractivity contribution in [1.82, 2.24) is 9.80 Å². The minimum Gasteiger partial charge on any atom is -0.444 e. The smallest absolute Gasteiger partial charge is 0.410 e. The van der Waals surface area contributed by atoms with Crippen LogP contribution in [0.4, 0.5) is 10.5 Å². The zero-order chi connectivity index (χ0) is 19.4. The van der Waals surface area contributed by atoms with Crippen LogP contribution in [-0.2, 0) is 16.0 Å². The number of hydrogen-bond acceptors (Lipinski definition) is 5. The Morgan fingerprint density at radius 3 is 2.41 bits per heavy atom. The normalized spacial score (nSPS) is 19.3. The highest BCUT2D eigenvalue weighted by Crippen LogP contribution is 2.27. The van der Waals surface area contributed by atoms with E-state index in [-0.39, 0.29) is 6.09 Å². The van der Waals surface area contributed by atoms with E-state index in [0.29, 0.717) is 13.1 Å². The molecule has 27 heavy (non-hydrogen) atoms. The lowest BCUT2D eigenvalue weighted by molar-refractivity contribution is 0.0139. The van der Waals surface area contributed by atoms with E-state index in [2.05, 4.69) is 21.9 Å². The number of amides is 1. The summed E-state index contributed by atoms with van der Waals surface area (Å²) < 4.78 is 11.0. The maximum Gasteiger partial charge on any atom is 0.410 e. The van der Waals surface area contributed by atoms with Gasteiger partial charge < -0.3 is 19.3 Å². The lowest BCUT2D eigenvalue weighted by Crippen LogP contribution is -2.49. The van der Waals surface area contributed by atoms with Crippen LogP contribution in [0.2, 0.25) is 5.02 Å². The molecule has 0 spiro atoms. The van der Waals surface area contributed by atoms with Gasteiger partial charge in [-0.1, -0.05) is 17.7 Å². The molecule has 3 rings (SSSR count). The molecule has 2 heterocycles. The molecule has 150 valence electrons. The third-order valence-corrected chi connectivity index (χ3v) is 5.05. The fourth-order valence-electron chi connectivity index (χ4n) is 3.43. The number of morpholine rings is 1. The molecular weight excluding hydrogens is 366 g/mol. The summed E-state index contributed by atoms with van der Waals surface area (Å²) in [4.78, 5) is 18.8. The van der Waals surface area contributed by atoms with Gasteiger partial charge in [0.2, 0.25) is 0 Å². The summed E-state index contributed by atoms with van der Waals surface area (Å²) in [5.74, 6) is 0. The number of rotatable bonds is 3. The second kappa shape index (κ2) is 8.67. The van der Waals surface area contributed by atoms with E-state index in [4.69, 9.17) is 21.1 Å². The van der Waals surface area contributed by atoms with Crippen LogP contribution in [0.25, 0.3) is 0 Å². The van der Waals surface area contributed by atoms with Crippen LogP contribution in [0, 0.1) is 0 Å². The average Bonchev–Trinajstić information content (AvgIpc) is 2.63. The highest BCUT2D eigenvalue weighted by molar-refractivity contribution is 6.30. The maximum absolute atomic E-state index is 12.2. The Labute approximate surface area is 167 Å². The van der Waals surface area contributed by atoms with Crippen LogP contribution in [-0.4, -0.2) is 74.0 Å². The van der Waals surface area contributed by atoms with E-state index in [9.17, 15) is 4.79 Å². The molecular formula is C20H30ClN3O3. The van der Waals surface area contributed by atoms with E-state index in [1.54, 1.807) is 4.90 Å². The second-order valence-corrected chi connectivity index (χ2v) is 8.55. The second-order valence-electron chi connectivity index (χ2n) is 8.12. The lowest BCUT2D eigenvalue weighted by Gasteiger charge is -2.37. The number of benzene rings is 1. The summed E-state index contributed by atoms with van der Waals surface area (Å²) in [6.07, 6.45) is -0.220. The van der Waals surface area contributed by atoms with E-state index in [1.807, 2.05) is 26.8 Å². The summed E-state index contributed by atoms with van der Waals surface area (Å²) >= 11 is 6.26. The third kappa shape index (κ3) is 5.74. The van der Waals surface area contributed by atoms with Crippen LogP contribution in [0.15, 0.2) is 18.2 Å². The summed E-state index contributed by atoms with van der Waals surface area (Å²) in [7, 11) is 0. The van der Waals surface area contributed by atoms with Crippen LogP contribution in [0.5, 0.6) is 0 Å². The number of nitrogens with zero attached hydrogens (tertiary/aromatic N) is 3. The molecule has 0 radical (unpaired) electrons. The average molecular weight is 396 g/mol. The molecule has 1 amide bonds. The molecule has 1 aromatic carbocycles. The van der Waals surface area contributed by atoms with Gasteiger partial charge in [0.05, 0.1) is 13.2 Å². The van der Waals surface area contributed by atoms with Crippen molar-refractivity contribution in [3.05, 3.63) is 28.8 Å². The minimum atomic E-state index is -0.454. The van der Waals surface area contributed by atoms with Crippen molar-refractivity contribution in [2.75, 3.05) is 57.4 Å². The fraction of sp³-hybridized carbons (Fsp3) is 0.650. The summed E-state index contributed by atoms with van der Waals surface area (Å²) in [6.45, 7) is 12.9. The summed E-state index contributed by atoms with van der Waals surface area (Å²) in [5, 5.41) is 0.759. The van der Waals surface area contributed by atoms with Gasteiger partial charge in [-0.2, -0.15) is 0 Å². The first kappa shape index (κ1) is 20.2. The van der Waals surface area contributed by atoms with Gasteiger partial charge in [0.25, 0.3) is 0 Å². The Kier molecular flexibility index (Phi) is 6.50. The summed E-state index contributed by atoms with van der Waals surface area (Å²) in [5.41, 5.74) is 2.01. The van der Waals surface area contributed by atoms with Crippen molar-refractivity contribution in [1.29, 1.82) is 0 Å². The largest absolute Gasteiger partial charge is 0.444 e. The Hall–Kier alpha value is -1.50. The first-order valence-electron chi connectivity index (χ1n) is 9.63. The Bertz CT molecular complexity index is 648. The Morgan fingerprint density at radius 1 is 1.11 bits per heavy atom. The molecule has 2 fully saturated rings. The van der Waals surface area contributed by atoms with E-state index < -0.39 is 5.60 Å². The number of hydrogen-bond donors (Lipinski definition) is 0. The molecule has 2 aliphatic heterocycles. The lowest BCUT2D eigenvalue weighted by atomic mass is 10.1. The number of piperazine rings is 1. The first-order valence-corrected chi connectivity index (χ1v) is 10.0. The van der Waals surface area contributed by atoms with E-state index in [0.717, 1.165) is 51.0 Å². The van der Waals surface area contributed by atoms with Crippen LogP contribution >= 0.6 is 11.6 Å². The molecule has 0 atom stereocenters. The van der Waals surface area contributed by atoms with Gasteiger partial charge in [0.1, 0.15) is 5.60 Å². The van der Waals surface area contributed by atoms with Crippen LogP contribution < -0.4 is 4.90 Å². The molecule has 1 aromatic rings. The van der Waals surface area contributed by atoms with Crippen molar-refractivity contribution < 1.29 is 14.3 Å². The number of carbonyl (C=O) groups excluding carboxylic acids is 1. The van der Waals surface area contributed by atoms with Gasteiger partial charge in [-0.3, -0.25) is 4.90 Å². The van der Waals surface area contributed by atoms with Gasteiger partial charge in [-0.15, -0.1) is 0 Å². The number of halogens is 1. The Balaban J connectivity index is 1.60. The summed E-state index contributed by atoms with van der Waals surface area (Å²) in [6, 6.07) is 6.13.